The van der Waals surface area contributed by atoms with Gasteiger partial charge in [0.1, 0.15) is 0 Å². The molecule has 0 radical (unpaired) electrons. The molecule has 1 aromatic heterocycles. The number of fused-ring (bicyclic) bond motifs is 6. The van der Waals surface area contributed by atoms with Crippen LogP contribution in [0.2, 0.25) is 0 Å². The van der Waals surface area contributed by atoms with Crippen molar-refractivity contribution in [1.82, 2.24) is 9.88 Å². The number of rotatable bonds is 5. The first-order chi connectivity index (χ1) is 14.3. The van der Waals surface area contributed by atoms with Crippen LogP contribution in [0.15, 0.2) is 54.6 Å². The number of para-hydroxylation sites is 1. The number of nitriles is 1. The second-order valence-electron chi connectivity index (χ2n) is 8.45. The summed E-state index contributed by atoms with van der Waals surface area (Å²) in [6.07, 6.45) is 2.88. The SMILES string of the molecule is Cn1c2c(c3ccccc31)C[C@H]1N[C@@H]2C[C@@H](CCOCc2ccccc2)[C@@H]1C#N. The van der Waals surface area contributed by atoms with Gasteiger partial charge in [0.2, 0.25) is 0 Å². The molecule has 2 bridgehead atoms. The molecule has 2 aromatic carbocycles. The minimum Gasteiger partial charge on any atom is -0.377 e. The number of aryl methyl sites for hydroxylation is 1. The number of nitrogens with zero attached hydrogens (tertiary/aromatic N) is 2. The van der Waals surface area contributed by atoms with Gasteiger partial charge >= 0.3 is 0 Å². The van der Waals surface area contributed by atoms with Crippen molar-refractivity contribution in [1.29, 1.82) is 5.26 Å². The van der Waals surface area contributed by atoms with E-state index in [9.17, 15) is 5.26 Å². The van der Waals surface area contributed by atoms with Gasteiger partial charge in [0.15, 0.2) is 0 Å². The van der Waals surface area contributed by atoms with E-state index < -0.39 is 0 Å². The van der Waals surface area contributed by atoms with Crippen LogP contribution in [0.25, 0.3) is 10.9 Å². The van der Waals surface area contributed by atoms with Crippen LogP contribution in [0.4, 0.5) is 0 Å². The van der Waals surface area contributed by atoms with Gasteiger partial charge in [0.05, 0.1) is 18.6 Å². The molecule has 4 nitrogen and oxygen atoms in total. The van der Waals surface area contributed by atoms with Crippen molar-refractivity contribution in [3.8, 4) is 6.07 Å². The molecule has 0 aliphatic carbocycles. The molecule has 1 saturated heterocycles. The molecule has 3 aromatic rings. The first-order valence-corrected chi connectivity index (χ1v) is 10.6. The van der Waals surface area contributed by atoms with Crippen molar-refractivity contribution in [2.45, 2.75) is 38.0 Å². The van der Waals surface area contributed by atoms with Crippen molar-refractivity contribution in [3.63, 3.8) is 0 Å². The van der Waals surface area contributed by atoms with Crippen LogP contribution in [0.1, 0.15) is 35.7 Å². The largest absolute Gasteiger partial charge is 0.377 e. The van der Waals surface area contributed by atoms with E-state index in [4.69, 9.17) is 4.74 Å². The van der Waals surface area contributed by atoms with E-state index in [0.29, 0.717) is 25.2 Å². The molecular formula is C25H27N3O. The third-order valence-corrected chi connectivity index (χ3v) is 6.80. The highest BCUT2D eigenvalue weighted by Crippen LogP contribution is 2.44. The summed E-state index contributed by atoms with van der Waals surface area (Å²) in [4.78, 5) is 0. The van der Waals surface area contributed by atoms with Crippen LogP contribution in [-0.2, 0) is 24.8 Å². The third kappa shape index (κ3) is 3.25. The minimum atomic E-state index is 0.0405. The molecule has 2 aliphatic rings. The van der Waals surface area contributed by atoms with Gasteiger partial charge in [-0.1, -0.05) is 48.5 Å². The highest BCUT2D eigenvalue weighted by atomic mass is 16.5. The van der Waals surface area contributed by atoms with Crippen molar-refractivity contribution < 1.29 is 4.74 Å². The summed E-state index contributed by atoms with van der Waals surface area (Å²) < 4.78 is 8.30. The lowest BCUT2D eigenvalue weighted by atomic mass is 9.71. The third-order valence-electron chi connectivity index (χ3n) is 6.80. The Morgan fingerprint density at radius 1 is 1.14 bits per heavy atom. The minimum absolute atomic E-state index is 0.0405. The molecule has 148 valence electrons. The molecule has 4 atom stereocenters. The van der Waals surface area contributed by atoms with Crippen molar-refractivity contribution in [2.75, 3.05) is 6.61 Å². The van der Waals surface area contributed by atoms with Gasteiger partial charge < -0.3 is 14.6 Å². The van der Waals surface area contributed by atoms with Crippen LogP contribution >= 0.6 is 0 Å². The highest BCUT2D eigenvalue weighted by Gasteiger charge is 2.43. The molecular weight excluding hydrogens is 358 g/mol. The van der Waals surface area contributed by atoms with Crippen LogP contribution < -0.4 is 5.32 Å². The maximum Gasteiger partial charge on any atom is 0.0716 e. The lowest BCUT2D eigenvalue weighted by molar-refractivity contribution is 0.0801. The number of benzene rings is 2. The van der Waals surface area contributed by atoms with Gasteiger partial charge in [0.25, 0.3) is 0 Å². The smallest absolute Gasteiger partial charge is 0.0716 e. The van der Waals surface area contributed by atoms with Gasteiger partial charge in [0, 0.05) is 42.3 Å². The quantitative estimate of drug-likeness (QED) is 0.658. The number of nitrogens with one attached hydrogen (secondary N) is 1. The monoisotopic (exact) mass is 385 g/mol. The van der Waals surface area contributed by atoms with Crippen molar-refractivity contribution in [2.24, 2.45) is 18.9 Å². The summed E-state index contributed by atoms with van der Waals surface area (Å²) in [6, 6.07) is 22.1. The first kappa shape index (κ1) is 18.4. The molecule has 2 aliphatic heterocycles. The fraction of sp³-hybridized carbons (Fsp3) is 0.400. The molecule has 1 N–H and O–H groups in total. The van der Waals surface area contributed by atoms with Gasteiger partial charge in [-0.05, 0) is 42.4 Å². The van der Waals surface area contributed by atoms with Gasteiger partial charge in [-0.25, -0.2) is 0 Å². The topological polar surface area (TPSA) is 50.0 Å². The normalized spacial score (nSPS) is 25.5. The van der Waals surface area contributed by atoms with E-state index in [1.165, 1.54) is 27.7 Å². The molecule has 5 rings (SSSR count). The zero-order valence-electron chi connectivity index (χ0n) is 16.8. The predicted molar refractivity (Wildman–Crippen MR) is 114 cm³/mol. The summed E-state index contributed by atoms with van der Waals surface area (Å²) in [5, 5.41) is 15.1. The van der Waals surface area contributed by atoms with Crippen molar-refractivity contribution >= 4 is 10.9 Å². The Morgan fingerprint density at radius 3 is 2.76 bits per heavy atom. The fourth-order valence-electron chi connectivity index (χ4n) is 5.45. The molecule has 0 amide bonds. The Labute approximate surface area is 172 Å². The molecule has 4 heteroatoms. The maximum atomic E-state index is 9.94. The summed E-state index contributed by atoms with van der Waals surface area (Å²) in [7, 11) is 2.18. The van der Waals surface area contributed by atoms with Crippen molar-refractivity contribution in [3.05, 3.63) is 71.4 Å². The Hall–Kier alpha value is -2.61. The zero-order chi connectivity index (χ0) is 19.8. The summed E-state index contributed by atoms with van der Waals surface area (Å²) in [5.41, 5.74) is 5.35. The predicted octanol–water partition coefficient (Wildman–Crippen LogP) is 4.50. The standard InChI is InChI=1S/C25H27N3O/c1-28-24-10-6-5-9-19(24)20-14-22-21(15-26)18(13-23(27-22)25(20)28)11-12-29-16-17-7-3-2-4-8-17/h2-10,18,21-23,27H,11-14,16H2,1H3/t18-,21+,22-,23-/m1/s1. The summed E-state index contributed by atoms with van der Waals surface area (Å²) >= 11 is 0. The van der Waals surface area contributed by atoms with E-state index in [2.05, 4.69) is 59.4 Å². The number of hydrogen-bond donors (Lipinski definition) is 1. The lowest BCUT2D eigenvalue weighted by Crippen LogP contribution is -2.51. The van der Waals surface area contributed by atoms with E-state index in [1.807, 2.05) is 18.2 Å². The second kappa shape index (κ2) is 7.67. The number of ether oxygens (including phenoxy) is 1. The van der Waals surface area contributed by atoms with E-state index in [-0.39, 0.29) is 12.0 Å². The van der Waals surface area contributed by atoms with E-state index >= 15 is 0 Å². The number of aromatic nitrogens is 1. The molecule has 0 saturated carbocycles. The Morgan fingerprint density at radius 2 is 1.93 bits per heavy atom. The molecule has 29 heavy (non-hydrogen) atoms. The molecule has 0 unspecified atom stereocenters. The van der Waals surface area contributed by atoms with E-state index in [0.717, 1.165) is 19.3 Å². The van der Waals surface area contributed by atoms with Crippen LogP contribution in [0, 0.1) is 23.2 Å². The molecule has 1 fully saturated rings. The molecule has 3 heterocycles. The zero-order valence-corrected chi connectivity index (χ0v) is 16.8. The summed E-state index contributed by atoms with van der Waals surface area (Å²) in [6.45, 7) is 1.35. The first-order valence-electron chi connectivity index (χ1n) is 10.6. The van der Waals surface area contributed by atoms with Crippen LogP contribution in [0.3, 0.4) is 0 Å². The van der Waals surface area contributed by atoms with Crippen LogP contribution in [-0.4, -0.2) is 17.2 Å². The number of hydrogen-bond acceptors (Lipinski definition) is 3. The summed E-state index contributed by atoms with van der Waals surface area (Å²) in [5.74, 6) is 0.414. The highest BCUT2D eigenvalue weighted by molar-refractivity contribution is 5.86. The molecule has 0 spiro atoms. The van der Waals surface area contributed by atoms with Crippen LogP contribution in [0.5, 0.6) is 0 Å². The number of piperidine rings is 1. The van der Waals surface area contributed by atoms with E-state index in [1.54, 1.807) is 0 Å². The Balaban J connectivity index is 1.33. The van der Waals surface area contributed by atoms with Gasteiger partial charge in [-0.2, -0.15) is 5.26 Å². The lowest BCUT2D eigenvalue weighted by Gasteiger charge is -2.44. The Bertz CT molecular complexity index is 1050. The van der Waals surface area contributed by atoms with Gasteiger partial charge in [-0.15, -0.1) is 0 Å². The average molecular weight is 386 g/mol. The fourth-order valence-corrected chi connectivity index (χ4v) is 5.45. The average Bonchev–Trinajstić information content (AvgIpc) is 3.04. The Kier molecular flexibility index (Phi) is 4.87. The second-order valence-corrected chi connectivity index (χ2v) is 8.45. The maximum absolute atomic E-state index is 9.94. The van der Waals surface area contributed by atoms with Gasteiger partial charge in [-0.3, -0.25) is 0 Å².